The number of carbonyl (C=O) groups is 1. The fraction of sp³-hybridized carbons (Fsp3) is 0.297. The lowest BCUT2D eigenvalue weighted by molar-refractivity contribution is -0.119. The molecule has 0 aliphatic carbocycles. The molecule has 0 spiro atoms. The molecule has 1 fully saturated rings. The zero-order valence-corrected chi connectivity index (χ0v) is 28.6. The number of aryl methyl sites for hydroxylation is 1. The van der Waals surface area contributed by atoms with E-state index in [4.69, 9.17) is 35.9 Å². The van der Waals surface area contributed by atoms with Crippen molar-refractivity contribution in [3.05, 3.63) is 76.8 Å². The largest absolute Gasteiger partial charge is 0.496 e. The van der Waals surface area contributed by atoms with Gasteiger partial charge >= 0.3 is 0 Å². The number of nitrogens with zero attached hydrogens (tertiary/aromatic N) is 4. The summed E-state index contributed by atoms with van der Waals surface area (Å²) in [6, 6.07) is 20.1. The molecule has 252 valence electrons. The zero-order chi connectivity index (χ0) is 34.1. The number of pyridine rings is 1. The van der Waals surface area contributed by atoms with Crippen molar-refractivity contribution < 1.29 is 19.0 Å². The third-order valence-corrected chi connectivity index (χ3v) is 9.48. The summed E-state index contributed by atoms with van der Waals surface area (Å²) < 4.78 is 19.3. The molecule has 0 radical (unpaired) electrons. The Bertz CT molecular complexity index is 2070. The Balaban J connectivity index is 1.24. The number of rotatable bonds is 11. The molecule has 0 saturated carbocycles. The molecular formula is C37H38ClN7O4. The molecule has 1 saturated heterocycles. The van der Waals surface area contributed by atoms with E-state index in [1.54, 1.807) is 21.3 Å². The molecule has 3 aromatic carbocycles. The molecule has 12 heteroatoms. The number of nitrogens with one attached hydrogen (secondary N) is 3. The van der Waals surface area contributed by atoms with E-state index in [0.717, 1.165) is 75.3 Å². The summed E-state index contributed by atoms with van der Waals surface area (Å²) in [5.41, 5.74) is 7.60. The second-order valence-electron chi connectivity index (χ2n) is 12.0. The van der Waals surface area contributed by atoms with Crippen molar-refractivity contribution in [2.24, 2.45) is 12.0 Å². The predicted octanol–water partition coefficient (Wildman–Crippen LogP) is 5.37. The van der Waals surface area contributed by atoms with Crippen molar-refractivity contribution >= 4 is 34.2 Å². The second kappa shape index (κ2) is 13.8. The first-order chi connectivity index (χ1) is 23.9. The first-order valence-electron chi connectivity index (χ1n) is 16.2. The molecule has 0 unspecified atom stereocenters. The van der Waals surface area contributed by atoms with Gasteiger partial charge in [-0.15, -0.1) is 0 Å². The van der Waals surface area contributed by atoms with Gasteiger partial charge in [0.05, 0.1) is 49.7 Å². The highest BCUT2D eigenvalue weighted by Crippen LogP contribution is 2.42. The van der Waals surface area contributed by atoms with E-state index in [1.165, 1.54) is 0 Å². The van der Waals surface area contributed by atoms with Crippen LogP contribution in [0.25, 0.3) is 44.5 Å². The van der Waals surface area contributed by atoms with Crippen LogP contribution in [0.2, 0.25) is 5.02 Å². The third kappa shape index (κ3) is 6.15. The average molecular weight is 680 g/mol. The normalized spacial score (nSPS) is 15.7. The van der Waals surface area contributed by atoms with Crippen LogP contribution in [0, 0.1) is 0 Å². The lowest BCUT2D eigenvalue weighted by Gasteiger charge is -2.17. The minimum atomic E-state index is 0.0999. The number of hydrogen-bond donors (Lipinski definition) is 3. The van der Waals surface area contributed by atoms with Crippen LogP contribution in [0.1, 0.15) is 24.0 Å². The number of methoxy groups -OCH3 is 3. The van der Waals surface area contributed by atoms with Gasteiger partial charge in [0, 0.05) is 72.3 Å². The van der Waals surface area contributed by atoms with Crippen molar-refractivity contribution in [1.29, 1.82) is 0 Å². The monoisotopic (exact) mass is 679 g/mol. The SMILES string of the molecule is COc1cc(-c2nn(C)c3c(-c4cccc(-c5ccc(C6=NCCN6)c(OC)n5)c4Cl)cccc23)cc(OC)c1CNC[C@@H]1CCC(=O)N1. The van der Waals surface area contributed by atoms with Gasteiger partial charge in [0.25, 0.3) is 0 Å². The fourth-order valence-corrected chi connectivity index (χ4v) is 7.03. The maximum Gasteiger partial charge on any atom is 0.224 e. The van der Waals surface area contributed by atoms with Gasteiger partial charge < -0.3 is 30.2 Å². The van der Waals surface area contributed by atoms with Crippen LogP contribution in [0.3, 0.4) is 0 Å². The topological polar surface area (TPSA) is 124 Å². The molecule has 2 aliphatic heterocycles. The molecule has 1 atom stereocenters. The van der Waals surface area contributed by atoms with Crippen molar-refractivity contribution in [3.63, 3.8) is 0 Å². The summed E-state index contributed by atoms with van der Waals surface area (Å²) in [7, 11) is 6.85. The van der Waals surface area contributed by atoms with Crippen LogP contribution in [-0.2, 0) is 18.4 Å². The molecule has 3 N–H and O–H groups in total. The summed E-state index contributed by atoms with van der Waals surface area (Å²) in [5, 5.41) is 16.3. The van der Waals surface area contributed by atoms with Crippen molar-refractivity contribution in [3.8, 4) is 51.0 Å². The smallest absolute Gasteiger partial charge is 0.224 e. The van der Waals surface area contributed by atoms with Crippen LogP contribution in [0.5, 0.6) is 17.4 Å². The fourth-order valence-electron chi connectivity index (χ4n) is 6.71. The van der Waals surface area contributed by atoms with Crippen LogP contribution in [0.15, 0.2) is 65.7 Å². The maximum absolute atomic E-state index is 11.6. The number of aliphatic imine (C=N–C) groups is 1. The van der Waals surface area contributed by atoms with Gasteiger partial charge in [0.15, 0.2) is 0 Å². The van der Waals surface area contributed by atoms with E-state index in [2.05, 4.69) is 33.1 Å². The van der Waals surface area contributed by atoms with Gasteiger partial charge in [0.2, 0.25) is 11.8 Å². The molecule has 7 rings (SSSR count). The van der Waals surface area contributed by atoms with Crippen molar-refractivity contribution in [2.45, 2.75) is 25.4 Å². The molecule has 4 heterocycles. The number of amides is 1. The van der Waals surface area contributed by atoms with E-state index in [1.807, 2.05) is 60.3 Å². The van der Waals surface area contributed by atoms with Crippen molar-refractivity contribution in [1.82, 2.24) is 30.7 Å². The molecule has 1 amide bonds. The minimum absolute atomic E-state index is 0.0999. The lowest BCUT2D eigenvalue weighted by atomic mass is 9.97. The highest BCUT2D eigenvalue weighted by Gasteiger charge is 2.23. The number of benzene rings is 3. The van der Waals surface area contributed by atoms with Gasteiger partial charge in [-0.1, -0.05) is 48.0 Å². The number of para-hydroxylation sites is 1. The minimum Gasteiger partial charge on any atom is -0.496 e. The number of hydrogen-bond acceptors (Lipinski definition) is 9. The van der Waals surface area contributed by atoms with E-state index >= 15 is 0 Å². The van der Waals surface area contributed by atoms with E-state index in [9.17, 15) is 4.79 Å². The van der Waals surface area contributed by atoms with Crippen LogP contribution < -0.4 is 30.2 Å². The second-order valence-corrected chi connectivity index (χ2v) is 12.4. The Labute approximate surface area is 289 Å². The van der Waals surface area contributed by atoms with Gasteiger partial charge in [-0.05, 0) is 30.7 Å². The van der Waals surface area contributed by atoms with Gasteiger partial charge in [-0.2, -0.15) is 5.10 Å². The number of aromatic nitrogens is 3. The molecule has 0 bridgehead atoms. The van der Waals surface area contributed by atoms with Crippen LogP contribution >= 0.6 is 11.6 Å². The first-order valence-corrected chi connectivity index (χ1v) is 16.6. The molecule has 5 aromatic rings. The quantitative estimate of drug-likeness (QED) is 0.170. The summed E-state index contributed by atoms with van der Waals surface area (Å²) in [6.45, 7) is 2.71. The third-order valence-electron chi connectivity index (χ3n) is 9.07. The summed E-state index contributed by atoms with van der Waals surface area (Å²) in [5.74, 6) is 2.75. The van der Waals surface area contributed by atoms with Gasteiger partial charge in [-0.25, -0.2) is 4.98 Å². The Morgan fingerprint density at radius 2 is 1.71 bits per heavy atom. The molecule has 49 heavy (non-hydrogen) atoms. The number of halogens is 1. The Kier molecular flexibility index (Phi) is 9.11. The molecule has 2 aromatic heterocycles. The number of ether oxygens (including phenoxy) is 3. The first kappa shape index (κ1) is 32.4. The Hall–Kier alpha value is -5.13. The van der Waals surface area contributed by atoms with E-state index in [-0.39, 0.29) is 11.9 Å². The van der Waals surface area contributed by atoms with Gasteiger partial charge in [-0.3, -0.25) is 14.5 Å². The molecule has 2 aliphatic rings. The van der Waals surface area contributed by atoms with Crippen LogP contribution in [0.4, 0.5) is 0 Å². The van der Waals surface area contributed by atoms with Crippen molar-refractivity contribution in [2.75, 3.05) is 41.0 Å². The standard InChI is InChI=1S/C37H38ClN7O4/c1-45-35-24(23-7-5-9-25(33(23)38)29-13-12-27(37(43-29)49-4)36-40-15-16-41-36)8-6-10-26(35)34(44-45)21-17-30(47-2)28(31(18-21)48-3)20-39-19-22-11-14-32(46)42-22/h5-10,12-13,17-18,22,39H,11,14-16,19-20H2,1-4H3,(H,40,41)(H,42,46)/t22-/m0/s1. The number of carbonyl (C=O) groups excluding carboxylic acids is 1. The summed E-state index contributed by atoms with van der Waals surface area (Å²) in [6.07, 6.45) is 1.40. The van der Waals surface area contributed by atoms with E-state index < -0.39 is 0 Å². The Morgan fingerprint density at radius 1 is 0.959 bits per heavy atom. The lowest BCUT2D eigenvalue weighted by Crippen LogP contribution is -2.35. The summed E-state index contributed by atoms with van der Waals surface area (Å²) in [4.78, 5) is 21.0. The highest BCUT2D eigenvalue weighted by atomic mass is 35.5. The zero-order valence-electron chi connectivity index (χ0n) is 27.9. The molecule has 11 nitrogen and oxygen atoms in total. The predicted molar refractivity (Wildman–Crippen MR) is 192 cm³/mol. The highest BCUT2D eigenvalue weighted by molar-refractivity contribution is 6.36. The average Bonchev–Trinajstić information content (AvgIpc) is 3.89. The maximum atomic E-state index is 11.6. The van der Waals surface area contributed by atoms with Crippen LogP contribution in [-0.4, -0.2) is 73.5 Å². The van der Waals surface area contributed by atoms with E-state index in [0.29, 0.717) is 47.6 Å². The number of amidine groups is 1. The van der Waals surface area contributed by atoms with Gasteiger partial charge in [0.1, 0.15) is 23.0 Å². The summed E-state index contributed by atoms with van der Waals surface area (Å²) >= 11 is 7.20. The number of fused-ring (bicyclic) bond motifs is 1. The molecular weight excluding hydrogens is 642 g/mol. The Morgan fingerprint density at radius 3 is 2.41 bits per heavy atom.